The van der Waals surface area contributed by atoms with Gasteiger partial charge in [-0.3, -0.25) is 9.78 Å². The number of nitrogens with zero attached hydrogens (tertiary/aromatic N) is 2. The summed E-state index contributed by atoms with van der Waals surface area (Å²) >= 11 is 0. The molecule has 1 aromatic heterocycles. The van der Waals surface area contributed by atoms with Gasteiger partial charge in [0.2, 0.25) is 0 Å². The number of pyridine rings is 1. The van der Waals surface area contributed by atoms with Crippen LogP contribution in [-0.2, 0) is 11.2 Å². The quantitative estimate of drug-likeness (QED) is 0.897. The lowest BCUT2D eigenvalue weighted by Crippen LogP contribution is -2.48. The zero-order chi connectivity index (χ0) is 18.7. The highest BCUT2D eigenvalue weighted by molar-refractivity contribution is 5.85. The SMILES string of the molecule is Cc1cccc(OC(C)(C)C(=O)N2C[C@@H](Cc3ccncc3)[C@@H](O)C2)c1. The average molecular weight is 354 g/mol. The zero-order valence-corrected chi connectivity index (χ0v) is 15.6. The summed E-state index contributed by atoms with van der Waals surface area (Å²) in [5, 5.41) is 10.4. The molecule has 1 saturated heterocycles. The van der Waals surface area contributed by atoms with Crippen LogP contribution in [0.1, 0.15) is 25.0 Å². The van der Waals surface area contributed by atoms with Gasteiger partial charge in [0.1, 0.15) is 5.75 Å². The van der Waals surface area contributed by atoms with E-state index in [1.165, 1.54) is 0 Å². The number of hydrogen-bond acceptors (Lipinski definition) is 4. The van der Waals surface area contributed by atoms with E-state index in [0.717, 1.165) is 17.5 Å². The number of aromatic nitrogens is 1. The fourth-order valence-corrected chi connectivity index (χ4v) is 3.44. The number of β-amino-alcohol motifs (C(OH)–C–C–N with tert-alkyl or cyclic N) is 1. The third kappa shape index (κ3) is 4.22. The zero-order valence-electron chi connectivity index (χ0n) is 15.6. The van der Waals surface area contributed by atoms with Crippen LogP contribution in [0.4, 0.5) is 0 Å². The molecule has 0 aliphatic carbocycles. The first-order chi connectivity index (χ1) is 12.3. The second kappa shape index (κ2) is 7.46. The molecule has 0 bridgehead atoms. The highest BCUT2D eigenvalue weighted by Crippen LogP contribution is 2.26. The van der Waals surface area contributed by atoms with Crippen molar-refractivity contribution in [2.24, 2.45) is 5.92 Å². The summed E-state index contributed by atoms with van der Waals surface area (Å²) in [5.41, 5.74) is 1.22. The van der Waals surface area contributed by atoms with Gasteiger partial charge in [0, 0.05) is 31.4 Å². The molecule has 5 nitrogen and oxygen atoms in total. The van der Waals surface area contributed by atoms with Gasteiger partial charge in [0.25, 0.3) is 5.91 Å². The van der Waals surface area contributed by atoms with Gasteiger partial charge in [-0.25, -0.2) is 0 Å². The first-order valence-electron chi connectivity index (χ1n) is 8.97. The predicted molar refractivity (Wildman–Crippen MR) is 99.9 cm³/mol. The molecule has 2 aromatic rings. The minimum absolute atomic E-state index is 0.0242. The molecule has 3 rings (SSSR count). The Kier molecular flexibility index (Phi) is 5.28. The van der Waals surface area contributed by atoms with Gasteiger partial charge in [-0.05, 0) is 62.6 Å². The number of carbonyl (C=O) groups excluding carboxylic acids is 1. The summed E-state index contributed by atoms with van der Waals surface area (Å²) < 4.78 is 5.96. The standard InChI is InChI=1S/C21H26N2O3/c1-15-5-4-6-18(11-15)26-21(2,3)20(25)23-13-17(19(24)14-23)12-16-7-9-22-10-8-16/h4-11,17,19,24H,12-14H2,1-3H3/t17-,19+/m1/s1. The van der Waals surface area contributed by atoms with Gasteiger partial charge in [-0.2, -0.15) is 0 Å². The molecule has 5 heteroatoms. The number of aliphatic hydroxyl groups is 1. The summed E-state index contributed by atoms with van der Waals surface area (Å²) in [6.45, 7) is 6.42. The summed E-state index contributed by atoms with van der Waals surface area (Å²) in [6, 6.07) is 11.6. The average Bonchev–Trinajstić information content (AvgIpc) is 2.95. The van der Waals surface area contributed by atoms with Crippen LogP contribution in [0.25, 0.3) is 0 Å². The predicted octanol–water partition coefficient (Wildman–Crippen LogP) is 2.61. The molecular weight excluding hydrogens is 328 g/mol. The molecule has 0 unspecified atom stereocenters. The number of aryl methyl sites for hydroxylation is 1. The first-order valence-corrected chi connectivity index (χ1v) is 8.97. The number of benzene rings is 1. The van der Waals surface area contributed by atoms with Crippen LogP contribution in [-0.4, -0.2) is 45.7 Å². The lowest BCUT2D eigenvalue weighted by molar-refractivity contribution is -0.144. The smallest absolute Gasteiger partial charge is 0.266 e. The van der Waals surface area contributed by atoms with E-state index in [1.54, 1.807) is 31.1 Å². The van der Waals surface area contributed by atoms with E-state index in [4.69, 9.17) is 4.74 Å². The van der Waals surface area contributed by atoms with Crippen molar-refractivity contribution >= 4 is 5.91 Å². The maximum Gasteiger partial charge on any atom is 0.266 e. The van der Waals surface area contributed by atoms with E-state index >= 15 is 0 Å². The van der Waals surface area contributed by atoms with Crippen LogP contribution < -0.4 is 4.74 Å². The number of rotatable bonds is 5. The van der Waals surface area contributed by atoms with Crippen molar-refractivity contribution in [3.63, 3.8) is 0 Å². The third-order valence-corrected chi connectivity index (χ3v) is 4.82. The highest BCUT2D eigenvalue weighted by Gasteiger charge is 2.41. The van der Waals surface area contributed by atoms with Crippen molar-refractivity contribution in [3.8, 4) is 5.75 Å². The van der Waals surface area contributed by atoms with Gasteiger partial charge in [0.15, 0.2) is 5.60 Å². The molecule has 0 spiro atoms. The second-order valence-electron chi connectivity index (χ2n) is 7.53. The molecule has 1 amide bonds. The van der Waals surface area contributed by atoms with Gasteiger partial charge in [-0.1, -0.05) is 12.1 Å². The largest absolute Gasteiger partial charge is 0.478 e. The molecule has 1 aliphatic rings. The third-order valence-electron chi connectivity index (χ3n) is 4.82. The second-order valence-corrected chi connectivity index (χ2v) is 7.53. The number of likely N-dealkylation sites (tertiary alicyclic amines) is 1. The Labute approximate surface area is 154 Å². The Morgan fingerprint density at radius 2 is 2.00 bits per heavy atom. The molecule has 1 fully saturated rings. The number of amides is 1. The van der Waals surface area contributed by atoms with Gasteiger partial charge in [0.05, 0.1) is 6.10 Å². The minimum Gasteiger partial charge on any atom is -0.478 e. The van der Waals surface area contributed by atoms with Gasteiger partial charge in [-0.15, -0.1) is 0 Å². The molecule has 138 valence electrons. The molecule has 2 atom stereocenters. The minimum atomic E-state index is -0.987. The molecular formula is C21H26N2O3. The van der Waals surface area contributed by atoms with E-state index in [-0.39, 0.29) is 11.8 Å². The fourth-order valence-electron chi connectivity index (χ4n) is 3.44. The first kappa shape index (κ1) is 18.4. The van der Waals surface area contributed by atoms with Crippen LogP contribution in [0.5, 0.6) is 5.75 Å². The lowest BCUT2D eigenvalue weighted by Gasteiger charge is -2.30. The van der Waals surface area contributed by atoms with E-state index in [1.807, 2.05) is 43.3 Å². The molecule has 0 saturated carbocycles. The van der Waals surface area contributed by atoms with Crippen LogP contribution in [0.15, 0.2) is 48.8 Å². The van der Waals surface area contributed by atoms with Crippen LogP contribution >= 0.6 is 0 Å². The molecule has 1 aromatic carbocycles. The summed E-state index contributed by atoms with van der Waals surface area (Å²) in [7, 11) is 0. The summed E-state index contributed by atoms with van der Waals surface area (Å²) in [5.74, 6) is 0.600. The summed E-state index contributed by atoms with van der Waals surface area (Å²) in [4.78, 5) is 18.7. The maximum absolute atomic E-state index is 13.0. The van der Waals surface area contributed by atoms with E-state index in [2.05, 4.69) is 4.98 Å². The molecule has 26 heavy (non-hydrogen) atoms. The number of carbonyl (C=O) groups is 1. The summed E-state index contributed by atoms with van der Waals surface area (Å²) in [6.07, 6.45) is 3.70. The van der Waals surface area contributed by atoms with Crippen molar-refractivity contribution in [1.29, 1.82) is 0 Å². The van der Waals surface area contributed by atoms with Gasteiger partial charge >= 0.3 is 0 Å². The van der Waals surface area contributed by atoms with Crippen molar-refractivity contribution in [2.45, 2.75) is 38.9 Å². The number of hydrogen-bond donors (Lipinski definition) is 1. The van der Waals surface area contributed by atoms with Crippen molar-refractivity contribution in [3.05, 3.63) is 59.9 Å². The maximum atomic E-state index is 13.0. The van der Waals surface area contributed by atoms with Crippen LogP contribution in [0.2, 0.25) is 0 Å². The molecule has 2 heterocycles. The number of ether oxygens (including phenoxy) is 1. The number of aliphatic hydroxyl groups excluding tert-OH is 1. The Morgan fingerprint density at radius 3 is 2.69 bits per heavy atom. The Balaban J connectivity index is 1.65. The fraction of sp³-hybridized carbons (Fsp3) is 0.429. The molecule has 1 aliphatic heterocycles. The topological polar surface area (TPSA) is 62.7 Å². The van der Waals surface area contributed by atoms with Gasteiger partial charge < -0.3 is 14.7 Å². The lowest BCUT2D eigenvalue weighted by atomic mass is 9.97. The van der Waals surface area contributed by atoms with E-state index in [0.29, 0.717) is 18.8 Å². The molecule has 0 radical (unpaired) electrons. The monoisotopic (exact) mass is 354 g/mol. The Morgan fingerprint density at radius 1 is 1.27 bits per heavy atom. The van der Waals surface area contributed by atoms with Crippen molar-refractivity contribution < 1.29 is 14.6 Å². The normalized spacial score (nSPS) is 20.2. The van der Waals surface area contributed by atoms with Crippen molar-refractivity contribution in [1.82, 2.24) is 9.88 Å². The van der Waals surface area contributed by atoms with E-state index in [9.17, 15) is 9.90 Å². The van der Waals surface area contributed by atoms with Crippen LogP contribution in [0.3, 0.4) is 0 Å². The Bertz CT molecular complexity index is 761. The van der Waals surface area contributed by atoms with Crippen LogP contribution in [0, 0.1) is 12.8 Å². The Hall–Kier alpha value is -2.40. The van der Waals surface area contributed by atoms with Crippen molar-refractivity contribution in [2.75, 3.05) is 13.1 Å². The molecule has 1 N–H and O–H groups in total. The van der Waals surface area contributed by atoms with E-state index < -0.39 is 11.7 Å². The highest BCUT2D eigenvalue weighted by atomic mass is 16.5.